The largest absolute Gasteiger partial charge is 0.480 e. The Hall–Kier alpha value is -1.79. The van der Waals surface area contributed by atoms with Crippen molar-refractivity contribution in [3.8, 4) is 0 Å². The number of aliphatic carboxylic acids is 1. The molecule has 1 atom stereocenters. The molecule has 1 unspecified atom stereocenters. The van der Waals surface area contributed by atoms with E-state index in [4.69, 9.17) is 22.4 Å². The first-order chi connectivity index (χ1) is 9.72. The molecule has 21 heavy (non-hydrogen) atoms. The summed E-state index contributed by atoms with van der Waals surface area (Å²) in [7, 11) is 1.61. The van der Waals surface area contributed by atoms with Crippen molar-refractivity contribution >= 4 is 34.9 Å². The first-order valence-electron chi connectivity index (χ1n) is 6.50. The smallest absolute Gasteiger partial charge is 0.317 e. The van der Waals surface area contributed by atoms with Crippen LogP contribution in [0.15, 0.2) is 18.2 Å². The van der Waals surface area contributed by atoms with E-state index in [0.29, 0.717) is 16.4 Å². The van der Waals surface area contributed by atoms with Crippen LogP contribution in [0.1, 0.15) is 13.8 Å². The summed E-state index contributed by atoms with van der Waals surface area (Å²) in [6, 6.07) is 4.25. The number of carboxylic acids is 1. The minimum atomic E-state index is -0.980. The van der Waals surface area contributed by atoms with Crippen LogP contribution in [0.3, 0.4) is 0 Å². The molecule has 0 aliphatic heterocycles. The lowest BCUT2D eigenvalue weighted by molar-refractivity contribution is -0.139. The maximum absolute atomic E-state index is 12.4. The predicted octanol–water partition coefficient (Wildman–Crippen LogP) is 1.90. The average Bonchev–Trinajstić information content (AvgIpc) is 2.32. The van der Waals surface area contributed by atoms with Crippen LogP contribution in [-0.2, 0) is 9.59 Å². The third-order valence-corrected chi connectivity index (χ3v) is 3.37. The topological polar surface area (TPSA) is 95.7 Å². The first-order valence-corrected chi connectivity index (χ1v) is 6.88. The van der Waals surface area contributed by atoms with Gasteiger partial charge in [0.05, 0.1) is 23.3 Å². The Morgan fingerprint density at radius 2 is 2.05 bits per heavy atom. The van der Waals surface area contributed by atoms with Crippen LogP contribution in [0.5, 0.6) is 0 Å². The number of nitrogen functional groups attached to an aromatic ring is 1. The number of likely N-dealkylation sites (N-methyl/N-ethyl adjacent to an activating group) is 1. The molecule has 1 amide bonds. The van der Waals surface area contributed by atoms with Crippen molar-refractivity contribution in [2.75, 3.05) is 24.6 Å². The van der Waals surface area contributed by atoms with E-state index in [2.05, 4.69) is 5.32 Å². The SMILES string of the molecule is CC(C)C(C(=O)Nc1ccc(Cl)c(N)c1)N(C)CC(=O)O. The number of hydrogen-bond acceptors (Lipinski definition) is 4. The Kier molecular flexibility index (Phi) is 5.99. The second-order valence-corrected chi connectivity index (χ2v) is 5.63. The number of carbonyl (C=O) groups is 2. The summed E-state index contributed by atoms with van der Waals surface area (Å²) >= 11 is 5.83. The fourth-order valence-corrected chi connectivity index (χ4v) is 2.28. The molecule has 1 aromatic carbocycles. The molecule has 0 aromatic heterocycles. The van der Waals surface area contributed by atoms with Crippen molar-refractivity contribution in [1.29, 1.82) is 0 Å². The van der Waals surface area contributed by atoms with Crippen molar-refractivity contribution < 1.29 is 14.7 Å². The van der Waals surface area contributed by atoms with Crippen LogP contribution in [0.2, 0.25) is 5.02 Å². The number of halogens is 1. The zero-order valence-electron chi connectivity index (χ0n) is 12.3. The third kappa shape index (κ3) is 4.91. The lowest BCUT2D eigenvalue weighted by atomic mass is 10.0. The van der Waals surface area contributed by atoms with Crippen molar-refractivity contribution in [2.24, 2.45) is 5.92 Å². The summed E-state index contributed by atoms with van der Waals surface area (Å²) in [5.41, 5.74) is 6.58. The van der Waals surface area contributed by atoms with Gasteiger partial charge >= 0.3 is 5.97 Å². The van der Waals surface area contributed by atoms with Crippen molar-refractivity contribution in [2.45, 2.75) is 19.9 Å². The fraction of sp³-hybridized carbons (Fsp3) is 0.429. The Balaban J connectivity index is 2.86. The third-order valence-electron chi connectivity index (χ3n) is 3.02. The summed E-state index contributed by atoms with van der Waals surface area (Å²) in [5.74, 6) is -1.30. The van der Waals surface area contributed by atoms with Gasteiger partial charge in [0.2, 0.25) is 5.91 Å². The molecule has 0 spiro atoms. The molecule has 0 saturated carbocycles. The molecule has 0 aliphatic rings. The molecule has 4 N–H and O–H groups in total. The van der Waals surface area contributed by atoms with E-state index >= 15 is 0 Å². The zero-order chi connectivity index (χ0) is 16.2. The summed E-state index contributed by atoms with van der Waals surface area (Å²) in [5, 5.41) is 12.0. The highest BCUT2D eigenvalue weighted by Crippen LogP contribution is 2.23. The molecule has 0 bridgehead atoms. The Labute approximate surface area is 128 Å². The number of rotatable bonds is 6. The van der Waals surface area contributed by atoms with E-state index in [-0.39, 0.29) is 18.4 Å². The van der Waals surface area contributed by atoms with Gasteiger partial charge < -0.3 is 16.2 Å². The molecule has 0 heterocycles. The molecule has 0 radical (unpaired) electrons. The highest BCUT2D eigenvalue weighted by molar-refractivity contribution is 6.33. The highest BCUT2D eigenvalue weighted by Gasteiger charge is 2.27. The molecule has 6 nitrogen and oxygen atoms in total. The molecule has 7 heteroatoms. The normalized spacial score (nSPS) is 12.5. The van der Waals surface area contributed by atoms with Gasteiger partial charge in [-0.2, -0.15) is 0 Å². The molecular weight excluding hydrogens is 294 g/mol. The lowest BCUT2D eigenvalue weighted by Gasteiger charge is -2.28. The second-order valence-electron chi connectivity index (χ2n) is 5.22. The average molecular weight is 314 g/mol. The number of carboxylic acid groups (broad SMARTS) is 1. The van der Waals surface area contributed by atoms with E-state index in [0.717, 1.165) is 0 Å². The number of anilines is 2. The van der Waals surface area contributed by atoms with Gasteiger partial charge in [-0.05, 0) is 31.2 Å². The van der Waals surface area contributed by atoms with E-state index in [1.165, 1.54) is 4.90 Å². The van der Waals surface area contributed by atoms with Crippen molar-refractivity contribution in [3.63, 3.8) is 0 Å². The monoisotopic (exact) mass is 313 g/mol. The molecule has 0 aliphatic carbocycles. The number of nitrogens with two attached hydrogens (primary N) is 1. The van der Waals surface area contributed by atoms with Gasteiger partial charge in [0.25, 0.3) is 0 Å². The standard InChI is InChI=1S/C14H20ClN3O3/c1-8(2)13(18(3)7-12(19)20)14(21)17-9-4-5-10(15)11(16)6-9/h4-6,8,13H,7,16H2,1-3H3,(H,17,21)(H,19,20). The van der Waals surface area contributed by atoms with Crippen LogP contribution in [-0.4, -0.2) is 41.5 Å². The van der Waals surface area contributed by atoms with Crippen molar-refractivity contribution in [1.82, 2.24) is 4.90 Å². The number of nitrogens with zero attached hydrogens (tertiary/aromatic N) is 1. The van der Waals surface area contributed by atoms with Crippen LogP contribution in [0.4, 0.5) is 11.4 Å². The maximum Gasteiger partial charge on any atom is 0.317 e. The van der Waals surface area contributed by atoms with E-state index in [1.54, 1.807) is 25.2 Å². The zero-order valence-corrected chi connectivity index (χ0v) is 13.0. The van der Waals surface area contributed by atoms with Crippen molar-refractivity contribution in [3.05, 3.63) is 23.2 Å². The first kappa shape index (κ1) is 17.3. The lowest BCUT2D eigenvalue weighted by Crippen LogP contribution is -2.47. The van der Waals surface area contributed by atoms with Crippen LogP contribution >= 0.6 is 11.6 Å². The Morgan fingerprint density at radius 3 is 2.52 bits per heavy atom. The Bertz CT molecular complexity index is 534. The summed E-state index contributed by atoms with van der Waals surface area (Å²) in [6.45, 7) is 3.51. The van der Waals surface area contributed by atoms with Gasteiger partial charge in [0.15, 0.2) is 0 Å². The second kappa shape index (κ2) is 7.28. The molecule has 1 rings (SSSR count). The molecule has 1 aromatic rings. The Morgan fingerprint density at radius 1 is 1.43 bits per heavy atom. The molecule has 116 valence electrons. The predicted molar refractivity (Wildman–Crippen MR) is 83.4 cm³/mol. The number of nitrogens with one attached hydrogen (secondary N) is 1. The minimum absolute atomic E-state index is 0.0426. The number of amides is 1. The van der Waals surface area contributed by atoms with Gasteiger partial charge in [0, 0.05) is 5.69 Å². The van der Waals surface area contributed by atoms with Gasteiger partial charge in [-0.25, -0.2) is 0 Å². The van der Waals surface area contributed by atoms with Gasteiger partial charge in [0.1, 0.15) is 0 Å². The fourth-order valence-electron chi connectivity index (χ4n) is 2.16. The minimum Gasteiger partial charge on any atom is -0.480 e. The molecule has 0 fully saturated rings. The number of benzene rings is 1. The van der Waals surface area contributed by atoms with Crippen LogP contribution in [0, 0.1) is 5.92 Å². The van der Waals surface area contributed by atoms with E-state index < -0.39 is 12.0 Å². The summed E-state index contributed by atoms with van der Waals surface area (Å²) in [6.07, 6.45) is 0. The van der Waals surface area contributed by atoms with Gasteiger partial charge in [-0.1, -0.05) is 25.4 Å². The highest BCUT2D eigenvalue weighted by atomic mass is 35.5. The van der Waals surface area contributed by atoms with Gasteiger partial charge in [-0.3, -0.25) is 14.5 Å². The van der Waals surface area contributed by atoms with Crippen LogP contribution in [0.25, 0.3) is 0 Å². The van der Waals surface area contributed by atoms with Crippen LogP contribution < -0.4 is 11.1 Å². The summed E-state index contributed by atoms with van der Waals surface area (Å²) < 4.78 is 0. The van der Waals surface area contributed by atoms with E-state index in [1.807, 2.05) is 13.8 Å². The molecule has 0 saturated heterocycles. The van der Waals surface area contributed by atoms with E-state index in [9.17, 15) is 9.59 Å². The number of hydrogen-bond donors (Lipinski definition) is 3. The quantitative estimate of drug-likeness (QED) is 0.697. The molecular formula is C14H20ClN3O3. The summed E-state index contributed by atoms with van der Waals surface area (Å²) in [4.78, 5) is 24.7. The number of carbonyl (C=O) groups excluding carboxylic acids is 1. The van der Waals surface area contributed by atoms with Gasteiger partial charge in [-0.15, -0.1) is 0 Å². The maximum atomic E-state index is 12.4.